The molecule has 2 amide bonds. The molecule has 3 heterocycles. The number of fused-ring (bicyclic) bond motifs is 1. The Morgan fingerprint density at radius 1 is 0.919 bits per heavy atom. The monoisotopic (exact) mass is 499 g/mol. The molecule has 2 aromatic carbocycles. The van der Waals surface area contributed by atoms with Crippen LogP contribution in [0.15, 0.2) is 71.8 Å². The smallest absolute Gasteiger partial charge is 0.282 e. The van der Waals surface area contributed by atoms with Crippen molar-refractivity contribution in [3.63, 3.8) is 0 Å². The third kappa shape index (κ3) is 4.97. The van der Waals surface area contributed by atoms with E-state index in [1.807, 2.05) is 60.9 Å². The quantitative estimate of drug-likeness (QED) is 0.407. The molecule has 9 heteroatoms. The van der Waals surface area contributed by atoms with Crippen molar-refractivity contribution < 1.29 is 14.3 Å². The topological polar surface area (TPSA) is 89.7 Å². The number of nitrogens with zero attached hydrogens (tertiary/aromatic N) is 5. The average Bonchev–Trinajstić information content (AvgIpc) is 3.28. The third-order valence-electron chi connectivity index (χ3n) is 6.62. The van der Waals surface area contributed by atoms with Crippen molar-refractivity contribution in [2.45, 2.75) is 20.4 Å². The minimum Gasteiger partial charge on any atom is -0.484 e. The molecule has 0 atom stereocenters. The van der Waals surface area contributed by atoms with E-state index in [1.165, 1.54) is 4.68 Å². The Balaban J connectivity index is 1.30. The van der Waals surface area contributed by atoms with Gasteiger partial charge in [-0.3, -0.25) is 14.4 Å². The Morgan fingerprint density at radius 2 is 1.59 bits per heavy atom. The highest BCUT2D eigenvalue weighted by Crippen LogP contribution is 2.24. The summed E-state index contributed by atoms with van der Waals surface area (Å²) in [5.41, 5.74) is 2.67. The SMILES string of the molecule is CCn1cc(C(=O)N2CCN(C(=O)COc3ccc(C)cc3)CC2)c2nn(-c3ccccc3)c(=O)c-2c1. The minimum absolute atomic E-state index is 0.0456. The maximum absolute atomic E-state index is 13.6. The van der Waals surface area contributed by atoms with Gasteiger partial charge in [-0.1, -0.05) is 35.9 Å². The lowest BCUT2D eigenvalue weighted by Crippen LogP contribution is -2.51. The van der Waals surface area contributed by atoms with Gasteiger partial charge in [-0.05, 0) is 38.1 Å². The molecule has 1 saturated heterocycles. The molecule has 3 aliphatic heterocycles. The molecule has 0 aromatic heterocycles. The predicted molar refractivity (Wildman–Crippen MR) is 139 cm³/mol. The van der Waals surface area contributed by atoms with Crippen molar-refractivity contribution >= 4 is 11.8 Å². The van der Waals surface area contributed by atoms with Gasteiger partial charge in [-0.2, -0.15) is 9.78 Å². The van der Waals surface area contributed by atoms with Gasteiger partial charge in [0.1, 0.15) is 11.4 Å². The van der Waals surface area contributed by atoms with Crippen LogP contribution in [-0.4, -0.2) is 68.7 Å². The van der Waals surface area contributed by atoms with Crippen LogP contribution in [0.4, 0.5) is 0 Å². The number of amides is 2. The Labute approximate surface area is 214 Å². The van der Waals surface area contributed by atoms with Gasteiger partial charge in [-0.15, -0.1) is 0 Å². The molecule has 0 bridgehead atoms. The number of piperazine rings is 1. The molecule has 190 valence electrons. The third-order valence-corrected chi connectivity index (χ3v) is 6.62. The summed E-state index contributed by atoms with van der Waals surface area (Å²) in [6.07, 6.45) is 3.49. The molecule has 5 rings (SSSR count). The molecule has 0 spiro atoms. The fourth-order valence-corrected chi connectivity index (χ4v) is 4.44. The standard InChI is InChI=1S/C28H29N5O4/c1-3-30-17-23(26-24(18-30)28(36)33(29-26)21-7-5-4-6-8-21)27(35)32-15-13-31(14-16-32)25(34)19-37-22-11-9-20(2)10-12-22/h4-12,17-18H,3,13-16,19H2,1-2H3. The minimum atomic E-state index is -0.262. The van der Waals surface area contributed by atoms with Crippen LogP contribution in [0.1, 0.15) is 22.8 Å². The number of hydrogen-bond acceptors (Lipinski definition) is 5. The van der Waals surface area contributed by atoms with Gasteiger partial charge in [0.05, 0.1) is 16.8 Å². The number of benzene rings is 2. The van der Waals surface area contributed by atoms with Crippen molar-refractivity contribution in [2.75, 3.05) is 32.8 Å². The predicted octanol–water partition coefficient (Wildman–Crippen LogP) is 2.83. The second-order valence-electron chi connectivity index (χ2n) is 9.09. The van der Waals surface area contributed by atoms with Crippen LogP contribution in [0.25, 0.3) is 16.9 Å². The van der Waals surface area contributed by atoms with Gasteiger partial charge in [0, 0.05) is 45.1 Å². The molecule has 2 aromatic rings. The normalized spacial score (nSPS) is 13.7. The molecule has 0 aliphatic carbocycles. The second kappa shape index (κ2) is 10.3. The molecular formula is C28H29N5O4. The van der Waals surface area contributed by atoms with Crippen LogP contribution in [0.2, 0.25) is 0 Å². The van der Waals surface area contributed by atoms with E-state index in [0.717, 1.165) is 5.56 Å². The number of carbonyl (C=O) groups is 2. The Bertz CT molecular complexity index is 1430. The number of carbonyl (C=O) groups excluding carboxylic acids is 2. The highest BCUT2D eigenvalue weighted by Gasteiger charge is 2.30. The fourth-order valence-electron chi connectivity index (χ4n) is 4.44. The summed E-state index contributed by atoms with van der Waals surface area (Å²) >= 11 is 0. The van der Waals surface area contributed by atoms with Crippen LogP contribution in [0.5, 0.6) is 5.75 Å². The molecule has 0 unspecified atom stereocenters. The maximum atomic E-state index is 13.6. The summed E-state index contributed by atoms with van der Waals surface area (Å²) in [4.78, 5) is 42.8. The zero-order valence-electron chi connectivity index (χ0n) is 21.0. The highest BCUT2D eigenvalue weighted by molar-refractivity contribution is 6.00. The Kier molecular flexibility index (Phi) is 6.76. The van der Waals surface area contributed by atoms with Gasteiger partial charge in [0.25, 0.3) is 17.4 Å². The van der Waals surface area contributed by atoms with E-state index in [1.54, 1.807) is 34.3 Å². The number of hydrogen-bond donors (Lipinski definition) is 0. The zero-order valence-corrected chi connectivity index (χ0v) is 21.0. The number of rotatable bonds is 6. The van der Waals surface area contributed by atoms with Crippen molar-refractivity contribution in [1.82, 2.24) is 24.1 Å². The largest absolute Gasteiger partial charge is 0.484 e. The van der Waals surface area contributed by atoms with Gasteiger partial charge >= 0.3 is 0 Å². The van der Waals surface area contributed by atoms with E-state index in [2.05, 4.69) is 5.10 Å². The van der Waals surface area contributed by atoms with Crippen LogP contribution in [0.3, 0.4) is 0 Å². The van der Waals surface area contributed by atoms with Crippen LogP contribution < -0.4 is 10.3 Å². The number of pyridine rings is 1. The van der Waals surface area contributed by atoms with Crippen LogP contribution in [-0.2, 0) is 11.3 Å². The Hall–Kier alpha value is -4.40. The maximum Gasteiger partial charge on any atom is 0.282 e. The van der Waals surface area contributed by atoms with E-state index in [0.29, 0.717) is 61.0 Å². The summed E-state index contributed by atoms with van der Waals surface area (Å²) in [6.45, 7) is 6.11. The second-order valence-corrected chi connectivity index (χ2v) is 9.09. The number of ether oxygens (including phenoxy) is 1. The molecule has 37 heavy (non-hydrogen) atoms. The van der Waals surface area contributed by atoms with E-state index in [4.69, 9.17) is 4.74 Å². The Morgan fingerprint density at radius 3 is 2.27 bits per heavy atom. The first-order valence-electron chi connectivity index (χ1n) is 12.4. The van der Waals surface area contributed by atoms with E-state index in [9.17, 15) is 14.4 Å². The summed E-state index contributed by atoms with van der Waals surface area (Å²) in [6, 6.07) is 16.7. The zero-order chi connectivity index (χ0) is 25.9. The fraction of sp³-hybridized carbons (Fsp3) is 0.286. The number of aryl methyl sites for hydroxylation is 2. The average molecular weight is 500 g/mol. The number of aromatic nitrogens is 3. The number of para-hydroxylation sites is 1. The first-order valence-corrected chi connectivity index (χ1v) is 12.4. The van der Waals surface area contributed by atoms with Crippen molar-refractivity contribution in [3.8, 4) is 22.7 Å². The lowest BCUT2D eigenvalue weighted by atomic mass is 10.1. The van der Waals surface area contributed by atoms with E-state index in [-0.39, 0.29) is 24.0 Å². The summed E-state index contributed by atoms with van der Waals surface area (Å²) in [7, 11) is 0. The van der Waals surface area contributed by atoms with Crippen molar-refractivity contribution in [2.24, 2.45) is 0 Å². The highest BCUT2D eigenvalue weighted by atomic mass is 16.5. The molecular weight excluding hydrogens is 470 g/mol. The summed E-state index contributed by atoms with van der Waals surface area (Å²) < 4.78 is 8.80. The molecule has 0 N–H and O–H groups in total. The van der Waals surface area contributed by atoms with Gasteiger partial charge in [0.2, 0.25) is 0 Å². The van der Waals surface area contributed by atoms with Gasteiger partial charge in [-0.25, -0.2) is 0 Å². The summed E-state index contributed by atoms with van der Waals surface area (Å²) in [5, 5.41) is 4.54. The van der Waals surface area contributed by atoms with E-state index >= 15 is 0 Å². The molecule has 3 aliphatic rings. The van der Waals surface area contributed by atoms with Gasteiger partial charge < -0.3 is 19.1 Å². The molecule has 9 nitrogen and oxygen atoms in total. The molecule has 0 saturated carbocycles. The van der Waals surface area contributed by atoms with Crippen molar-refractivity contribution in [3.05, 3.63) is 88.5 Å². The van der Waals surface area contributed by atoms with Crippen LogP contribution in [0, 0.1) is 6.92 Å². The van der Waals surface area contributed by atoms with E-state index < -0.39 is 0 Å². The first kappa shape index (κ1) is 24.3. The lowest BCUT2D eigenvalue weighted by molar-refractivity contribution is -0.134. The van der Waals surface area contributed by atoms with Gasteiger partial charge in [0.15, 0.2) is 6.61 Å². The van der Waals surface area contributed by atoms with Crippen molar-refractivity contribution in [1.29, 1.82) is 0 Å². The first-order chi connectivity index (χ1) is 17.9. The molecule has 1 fully saturated rings. The van der Waals surface area contributed by atoms with Crippen LogP contribution >= 0.6 is 0 Å². The summed E-state index contributed by atoms with van der Waals surface area (Å²) in [5.74, 6) is 0.336. The molecule has 0 radical (unpaired) electrons. The lowest BCUT2D eigenvalue weighted by Gasteiger charge is -2.35.